The van der Waals surface area contributed by atoms with Crippen LogP contribution in [0.4, 0.5) is 5.69 Å². The summed E-state index contributed by atoms with van der Waals surface area (Å²) in [5.41, 5.74) is 5.71. The Hall–Kier alpha value is -1.97. The van der Waals surface area contributed by atoms with Crippen LogP contribution < -0.4 is 11.1 Å². The predicted molar refractivity (Wildman–Crippen MR) is 78.4 cm³/mol. The summed E-state index contributed by atoms with van der Waals surface area (Å²) in [6.45, 7) is 0.150. The average molecular weight is 327 g/mol. The Morgan fingerprint density at radius 1 is 1.43 bits per heavy atom. The summed E-state index contributed by atoms with van der Waals surface area (Å²) >= 11 is 0.970. The first kappa shape index (κ1) is 15.4. The van der Waals surface area contributed by atoms with Gasteiger partial charge in [0.05, 0.1) is 16.7 Å². The van der Waals surface area contributed by atoms with Crippen LogP contribution in [0.1, 0.15) is 15.4 Å². The molecule has 1 aromatic carbocycles. The Kier molecular flexibility index (Phi) is 4.26. The normalized spacial score (nSPS) is 11.3. The molecule has 0 atom stereocenters. The summed E-state index contributed by atoms with van der Waals surface area (Å²) in [7, 11) is -2.24. The number of benzene rings is 1. The van der Waals surface area contributed by atoms with Crippen LogP contribution in [-0.4, -0.2) is 31.5 Å². The number of carboxylic acid groups (broad SMARTS) is 1. The van der Waals surface area contributed by atoms with Gasteiger partial charge in [0, 0.05) is 19.3 Å². The number of nitrogens with two attached hydrogens (primary N) is 1. The summed E-state index contributed by atoms with van der Waals surface area (Å²) in [5.74, 6) is -1.20. The number of carboxylic acids is 1. The van der Waals surface area contributed by atoms with Gasteiger partial charge in [0.25, 0.3) is 0 Å². The van der Waals surface area contributed by atoms with Gasteiger partial charge in [0.2, 0.25) is 9.84 Å². The number of rotatable bonds is 5. The molecule has 0 radical (unpaired) electrons. The Morgan fingerprint density at radius 2 is 2.14 bits per heavy atom. The van der Waals surface area contributed by atoms with Crippen molar-refractivity contribution < 1.29 is 18.3 Å². The van der Waals surface area contributed by atoms with E-state index in [0.717, 1.165) is 17.4 Å². The highest BCUT2D eigenvalue weighted by atomic mass is 32.2. The number of nitrogens with zero attached hydrogens (tertiary/aromatic N) is 1. The average Bonchev–Trinajstić information content (AvgIpc) is 2.96. The lowest BCUT2D eigenvalue weighted by atomic mass is 10.2. The molecule has 21 heavy (non-hydrogen) atoms. The molecule has 0 aliphatic rings. The first-order chi connectivity index (χ1) is 9.88. The maximum atomic E-state index is 12.5. The van der Waals surface area contributed by atoms with E-state index in [-0.39, 0.29) is 21.2 Å². The van der Waals surface area contributed by atoms with Crippen molar-refractivity contribution in [1.82, 2.24) is 4.98 Å². The molecule has 0 saturated heterocycles. The van der Waals surface area contributed by atoms with E-state index in [4.69, 9.17) is 10.8 Å². The molecule has 0 saturated carbocycles. The molecular weight excluding hydrogens is 314 g/mol. The van der Waals surface area contributed by atoms with Crippen molar-refractivity contribution in [1.29, 1.82) is 0 Å². The third-order valence-electron chi connectivity index (χ3n) is 2.72. The Morgan fingerprint density at radius 3 is 2.67 bits per heavy atom. The standard InChI is InChI=1S/C12H13N3O4S2/c1-14-8-2-7(12(16)17)3-9(4-8)21(18,19)11-6-15-10(5-13)20-11/h2-4,6,14H,5,13H2,1H3,(H,16,17). The second-order valence-corrected chi connectivity index (χ2v) is 7.37. The number of anilines is 1. The Labute approximate surface area is 125 Å². The van der Waals surface area contributed by atoms with E-state index < -0.39 is 15.8 Å². The molecule has 0 unspecified atom stereocenters. The highest BCUT2D eigenvalue weighted by Crippen LogP contribution is 2.28. The van der Waals surface area contributed by atoms with Crippen LogP contribution in [-0.2, 0) is 16.4 Å². The first-order valence-electron chi connectivity index (χ1n) is 5.84. The van der Waals surface area contributed by atoms with Gasteiger partial charge in [-0.15, -0.1) is 11.3 Å². The molecule has 0 aliphatic carbocycles. The molecule has 9 heteroatoms. The number of sulfone groups is 1. The minimum absolute atomic E-state index is 0.0348. The van der Waals surface area contributed by atoms with E-state index >= 15 is 0 Å². The molecule has 2 rings (SSSR count). The number of aromatic nitrogens is 1. The minimum Gasteiger partial charge on any atom is -0.478 e. The van der Waals surface area contributed by atoms with Crippen LogP contribution in [0.2, 0.25) is 0 Å². The van der Waals surface area contributed by atoms with Gasteiger partial charge in [0.1, 0.15) is 9.22 Å². The number of nitrogens with one attached hydrogen (secondary N) is 1. The monoisotopic (exact) mass is 327 g/mol. The van der Waals surface area contributed by atoms with Crippen LogP contribution in [0.3, 0.4) is 0 Å². The fourth-order valence-electron chi connectivity index (χ4n) is 1.65. The molecule has 4 N–H and O–H groups in total. The van der Waals surface area contributed by atoms with Gasteiger partial charge in [-0.1, -0.05) is 0 Å². The Balaban J connectivity index is 2.58. The van der Waals surface area contributed by atoms with E-state index in [1.807, 2.05) is 0 Å². The summed E-state index contributed by atoms with van der Waals surface area (Å²) < 4.78 is 25.1. The highest BCUT2D eigenvalue weighted by Gasteiger charge is 2.23. The van der Waals surface area contributed by atoms with Gasteiger partial charge < -0.3 is 16.2 Å². The van der Waals surface area contributed by atoms with Gasteiger partial charge in [0.15, 0.2) is 0 Å². The quantitative estimate of drug-likeness (QED) is 0.753. The van der Waals surface area contributed by atoms with Crippen LogP contribution in [0.25, 0.3) is 0 Å². The van der Waals surface area contributed by atoms with Gasteiger partial charge in [-0.25, -0.2) is 18.2 Å². The van der Waals surface area contributed by atoms with Gasteiger partial charge in [-0.3, -0.25) is 0 Å². The number of hydrogen-bond acceptors (Lipinski definition) is 7. The molecular formula is C12H13N3O4S2. The number of thiazole rings is 1. The molecule has 0 bridgehead atoms. The van der Waals surface area contributed by atoms with E-state index in [0.29, 0.717) is 10.7 Å². The predicted octanol–water partition coefficient (Wildman–Crippen LogP) is 1.17. The van der Waals surface area contributed by atoms with Gasteiger partial charge >= 0.3 is 5.97 Å². The van der Waals surface area contributed by atoms with Crippen LogP contribution in [0.15, 0.2) is 33.5 Å². The van der Waals surface area contributed by atoms with Crippen molar-refractivity contribution in [3.63, 3.8) is 0 Å². The number of carbonyl (C=O) groups is 1. The summed E-state index contributed by atoms with van der Waals surface area (Å²) in [6.07, 6.45) is 1.23. The van der Waals surface area contributed by atoms with Crippen LogP contribution in [0.5, 0.6) is 0 Å². The largest absolute Gasteiger partial charge is 0.478 e. The highest BCUT2D eigenvalue weighted by molar-refractivity contribution is 7.93. The topological polar surface area (TPSA) is 122 Å². The zero-order chi connectivity index (χ0) is 15.6. The number of aromatic carboxylic acids is 1. The van der Waals surface area contributed by atoms with Crippen molar-refractivity contribution in [2.24, 2.45) is 5.73 Å². The Bertz CT molecular complexity index is 784. The fourth-order valence-corrected chi connectivity index (χ4v) is 4.18. The van der Waals surface area contributed by atoms with Gasteiger partial charge in [-0.05, 0) is 18.2 Å². The zero-order valence-corrected chi connectivity index (χ0v) is 12.7. The van der Waals surface area contributed by atoms with E-state index in [1.165, 1.54) is 18.3 Å². The zero-order valence-electron chi connectivity index (χ0n) is 11.0. The molecule has 1 aromatic heterocycles. The molecule has 0 fully saturated rings. The summed E-state index contributed by atoms with van der Waals surface area (Å²) in [6, 6.07) is 3.86. The van der Waals surface area contributed by atoms with E-state index in [1.54, 1.807) is 7.05 Å². The molecule has 1 heterocycles. The fraction of sp³-hybridized carbons (Fsp3) is 0.167. The second-order valence-electron chi connectivity index (χ2n) is 4.08. The third kappa shape index (κ3) is 3.04. The van der Waals surface area contributed by atoms with Crippen LogP contribution >= 0.6 is 11.3 Å². The first-order valence-corrected chi connectivity index (χ1v) is 8.14. The molecule has 2 aromatic rings. The number of hydrogen-bond donors (Lipinski definition) is 3. The maximum Gasteiger partial charge on any atom is 0.335 e. The molecule has 7 nitrogen and oxygen atoms in total. The molecule has 112 valence electrons. The lowest BCUT2D eigenvalue weighted by Gasteiger charge is -2.07. The van der Waals surface area contributed by atoms with Crippen molar-refractivity contribution in [2.45, 2.75) is 15.6 Å². The smallest absolute Gasteiger partial charge is 0.335 e. The van der Waals surface area contributed by atoms with Crippen molar-refractivity contribution >= 4 is 32.8 Å². The SMILES string of the molecule is CNc1cc(C(=O)O)cc(S(=O)(=O)c2cnc(CN)s2)c1. The third-order valence-corrected chi connectivity index (χ3v) is 5.94. The summed E-state index contributed by atoms with van der Waals surface area (Å²) in [4.78, 5) is 14.9. The van der Waals surface area contributed by atoms with Crippen molar-refractivity contribution in [3.8, 4) is 0 Å². The lowest BCUT2D eigenvalue weighted by molar-refractivity contribution is 0.0696. The van der Waals surface area contributed by atoms with Gasteiger partial charge in [-0.2, -0.15) is 0 Å². The molecule has 0 spiro atoms. The minimum atomic E-state index is -3.82. The summed E-state index contributed by atoms with van der Waals surface area (Å²) in [5, 5.41) is 12.3. The lowest BCUT2D eigenvalue weighted by Crippen LogP contribution is -2.05. The molecule has 0 aliphatic heterocycles. The second kappa shape index (κ2) is 5.80. The molecule has 0 amide bonds. The maximum absolute atomic E-state index is 12.5. The van der Waals surface area contributed by atoms with E-state index in [9.17, 15) is 13.2 Å². The van der Waals surface area contributed by atoms with Crippen molar-refractivity contribution in [2.75, 3.05) is 12.4 Å². The van der Waals surface area contributed by atoms with E-state index in [2.05, 4.69) is 10.3 Å². The van der Waals surface area contributed by atoms with Crippen molar-refractivity contribution in [3.05, 3.63) is 35.0 Å². The van der Waals surface area contributed by atoms with Crippen LogP contribution in [0, 0.1) is 0 Å².